The first-order chi connectivity index (χ1) is 9.95. The zero-order valence-electron chi connectivity index (χ0n) is 10.6. The van der Waals surface area contributed by atoms with Crippen LogP contribution in [0.3, 0.4) is 0 Å². The van der Waals surface area contributed by atoms with Crippen molar-refractivity contribution in [3.8, 4) is 0 Å². The Bertz CT molecular complexity index is 751. The molecule has 1 heterocycles. The normalized spacial score (nSPS) is 14.8. The summed E-state index contributed by atoms with van der Waals surface area (Å²) in [5, 5.41) is 2.97. The third-order valence-electron chi connectivity index (χ3n) is 3.35. The van der Waals surface area contributed by atoms with Crippen LogP contribution in [0.15, 0.2) is 34.8 Å². The van der Waals surface area contributed by atoms with Gasteiger partial charge in [0.2, 0.25) is 5.91 Å². The third-order valence-corrected chi connectivity index (χ3v) is 5.54. The van der Waals surface area contributed by atoms with E-state index in [1.165, 1.54) is 0 Å². The summed E-state index contributed by atoms with van der Waals surface area (Å²) in [6.45, 7) is 0. The number of rotatable bonds is 2. The maximum atomic E-state index is 11.5. The quantitative estimate of drug-likeness (QED) is 0.430. The van der Waals surface area contributed by atoms with E-state index in [1.807, 2.05) is 24.3 Å². The summed E-state index contributed by atoms with van der Waals surface area (Å²) in [7, 11) is 0. The molecule has 6 heteroatoms. The zero-order valence-corrected chi connectivity index (χ0v) is 15.8. The third kappa shape index (κ3) is 3.09. The highest BCUT2D eigenvalue weighted by atomic mass is 127. The predicted octanol–water partition coefficient (Wildman–Crippen LogP) is 5.53. The Kier molecular flexibility index (Phi) is 4.50. The summed E-state index contributed by atoms with van der Waals surface area (Å²) in [6.07, 6.45) is 0.372. The van der Waals surface area contributed by atoms with Crippen molar-refractivity contribution in [2.75, 3.05) is 5.32 Å². The average Bonchev–Trinajstić information content (AvgIpc) is 2.79. The van der Waals surface area contributed by atoms with E-state index >= 15 is 0 Å². The second-order valence-corrected chi connectivity index (χ2v) is 7.73. The van der Waals surface area contributed by atoms with Crippen molar-refractivity contribution in [2.24, 2.45) is 0 Å². The molecule has 1 atom stereocenters. The molecule has 0 spiro atoms. The molecule has 0 saturated heterocycles. The first-order valence-electron chi connectivity index (χ1n) is 6.17. The van der Waals surface area contributed by atoms with Crippen molar-refractivity contribution >= 4 is 73.3 Å². The smallest absolute Gasteiger partial charge is 0.228 e. The van der Waals surface area contributed by atoms with Gasteiger partial charge in [-0.2, -0.15) is 0 Å². The number of nitrogens with one attached hydrogen (secondary N) is 1. The highest BCUT2D eigenvalue weighted by Gasteiger charge is 2.23. The van der Waals surface area contributed by atoms with Gasteiger partial charge in [-0.1, -0.05) is 27.5 Å². The van der Waals surface area contributed by atoms with Crippen molar-refractivity contribution in [3.63, 3.8) is 0 Å². The second kappa shape index (κ2) is 6.07. The summed E-state index contributed by atoms with van der Waals surface area (Å²) in [6, 6.07) is 9.69. The minimum absolute atomic E-state index is 0.0141. The van der Waals surface area contributed by atoms with Crippen LogP contribution < -0.4 is 5.32 Å². The van der Waals surface area contributed by atoms with Gasteiger partial charge in [0.15, 0.2) is 0 Å². The van der Waals surface area contributed by atoms with E-state index in [-0.39, 0.29) is 11.3 Å². The highest BCUT2D eigenvalue weighted by Crippen LogP contribution is 2.40. The minimum atomic E-state index is -0.373. The van der Waals surface area contributed by atoms with Crippen molar-refractivity contribution in [3.05, 3.63) is 60.1 Å². The van der Waals surface area contributed by atoms with Crippen LogP contribution in [0.1, 0.15) is 22.1 Å². The SMILES string of the molecule is O=C1Cc2cc(C(Cl)c3cc(I)ccc3Br)c(Cl)cc2N1. The number of hydrogen-bond donors (Lipinski definition) is 1. The largest absolute Gasteiger partial charge is 0.325 e. The van der Waals surface area contributed by atoms with Crippen LogP contribution in [0.2, 0.25) is 5.02 Å². The lowest BCUT2D eigenvalue weighted by Crippen LogP contribution is -2.03. The highest BCUT2D eigenvalue weighted by molar-refractivity contribution is 14.1. The molecule has 2 aromatic rings. The zero-order chi connectivity index (χ0) is 15.1. The van der Waals surface area contributed by atoms with E-state index in [1.54, 1.807) is 6.07 Å². The maximum absolute atomic E-state index is 11.5. The summed E-state index contributed by atoms with van der Waals surface area (Å²) in [5.74, 6) is -0.0141. The van der Waals surface area contributed by atoms with Gasteiger partial charge in [-0.15, -0.1) is 11.6 Å². The van der Waals surface area contributed by atoms with Gasteiger partial charge in [0.1, 0.15) is 0 Å². The molecule has 3 rings (SSSR count). The second-order valence-electron chi connectivity index (χ2n) is 4.78. The predicted molar refractivity (Wildman–Crippen MR) is 98.3 cm³/mol. The number of carbonyl (C=O) groups is 1. The summed E-state index contributed by atoms with van der Waals surface area (Å²) in [4.78, 5) is 11.5. The Hall–Kier alpha value is -0.300. The number of carbonyl (C=O) groups excluding carboxylic acids is 1. The first kappa shape index (κ1) is 15.6. The van der Waals surface area contributed by atoms with Gasteiger partial charge in [0.05, 0.1) is 11.8 Å². The fraction of sp³-hybridized carbons (Fsp3) is 0.133. The molecule has 2 nitrogen and oxygen atoms in total. The van der Waals surface area contributed by atoms with Gasteiger partial charge < -0.3 is 5.32 Å². The molecule has 108 valence electrons. The van der Waals surface area contributed by atoms with E-state index in [0.717, 1.165) is 30.4 Å². The van der Waals surface area contributed by atoms with Gasteiger partial charge >= 0.3 is 0 Å². The number of fused-ring (bicyclic) bond motifs is 1. The van der Waals surface area contributed by atoms with Gasteiger partial charge in [-0.25, -0.2) is 0 Å². The molecule has 2 aromatic carbocycles. The lowest BCUT2D eigenvalue weighted by Gasteiger charge is -2.16. The molecule has 0 fully saturated rings. The Labute approximate surface area is 154 Å². The van der Waals surface area contributed by atoms with Crippen LogP contribution in [0.4, 0.5) is 5.69 Å². The van der Waals surface area contributed by atoms with Gasteiger partial charge in [-0.05, 0) is 69.6 Å². The Morgan fingerprint density at radius 1 is 1.24 bits per heavy atom. The standard InChI is InChI=1S/C15H9BrCl2INO/c16-11-2-1-8(19)5-9(11)15(18)10-3-7-4-14(21)20-13(7)6-12(10)17/h1-3,5-6,15H,4H2,(H,20,21). The molecular weight excluding hydrogens is 488 g/mol. The average molecular weight is 497 g/mol. The Morgan fingerprint density at radius 2 is 2.00 bits per heavy atom. The molecule has 0 aromatic heterocycles. The van der Waals surface area contributed by atoms with Gasteiger partial charge in [0.25, 0.3) is 0 Å². The van der Waals surface area contributed by atoms with Crippen molar-refractivity contribution in [1.82, 2.24) is 0 Å². The molecule has 21 heavy (non-hydrogen) atoms. The van der Waals surface area contributed by atoms with E-state index in [9.17, 15) is 4.79 Å². The minimum Gasteiger partial charge on any atom is -0.325 e. The number of amides is 1. The first-order valence-corrected chi connectivity index (χ1v) is 8.85. The van der Waals surface area contributed by atoms with Crippen molar-refractivity contribution in [1.29, 1.82) is 0 Å². The number of alkyl halides is 1. The van der Waals surface area contributed by atoms with Gasteiger partial charge in [-0.3, -0.25) is 4.79 Å². The summed E-state index contributed by atoms with van der Waals surface area (Å²) < 4.78 is 2.04. The molecule has 1 amide bonds. The van der Waals surface area contributed by atoms with Crippen LogP contribution in [-0.4, -0.2) is 5.91 Å². The lowest BCUT2D eigenvalue weighted by atomic mass is 10.0. The molecule has 0 bridgehead atoms. The lowest BCUT2D eigenvalue weighted by molar-refractivity contribution is -0.115. The maximum Gasteiger partial charge on any atom is 0.228 e. The van der Waals surface area contributed by atoms with Crippen molar-refractivity contribution in [2.45, 2.75) is 11.8 Å². The molecular formula is C15H9BrCl2INO. The molecule has 0 aliphatic carbocycles. The summed E-state index contributed by atoms with van der Waals surface area (Å²) >= 11 is 18.7. The van der Waals surface area contributed by atoms with E-state index in [2.05, 4.69) is 43.8 Å². The topological polar surface area (TPSA) is 29.1 Å². The van der Waals surface area contributed by atoms with Gasteiger partial charge in [0, 0.05) is 18.8 Å². The van der Waals surface area contributed by atoms with Crippen LogP contribution in [0, 0.1) is 3.57 Å². The number of halogens is 4. The molecule has 1 unspecified atom stereocenters. The van der Waals surface area contributed by atoms with Crippen LogP contribution in [0.5, 0.6) is 0 Å². The summed E-state index contributed by atoms with van der Waals surface area (Å²) in [5.41, 5.74) is 3.49. The molecule has 1 N–H and O–H groups in total. The Morgan fingerprint density at radius 3 is 2.76 bits per heavy atom. The molecule has 0 radical (unpaired) electrons. The Balaban J connectivity index is 2.06. The fourth-order valence-corrected chi connectivity index (χ4v) is 4.15. The van der Waals surface area contributed by atoms with E-state index in [0.29, 0.717) is 11.4 Å². The number of anilines is 1. The monoisotopic (exact) mass is 495 g/mol. The molecule has 1 aliphatic heterocycles. The van der Waals surface area contributed by atoms with E-state index < -0.39 is 0 Å². The number of hydrogen-bond acceptors (Lipinski definition) is 1. The fourth-order valence-electron chi connectivity index (χ4n) is 2.34. The number of benzene rings is 2. The van der Waals surface area contributed by atoms with Crippen molar-refractivity contribution < 1.29 is 4.79 Å². The molecule has 0 saturated carbocycles. The van der Waals surface area contributed by atoms with Crippen LogP contribution >= 0.6 is 61.7 Å². The van der Waals surface area contributed by atoms with Crippen LogP contribution in [0.25, 0.3) is 0 Å². The molecule has 1 aliphatic rings. The van der Waals surface area contributed by atoms with Crippen LogP contribution in [-0.2, 0) is 11.2 Å². The van der Waals surface area contributed by atoms with E-state index in [4.69, 9.17) is 23.2 Å².